The molecule has 0 aliphatic heterocycles. The van der Waals surface area contributed by atoms with Crippen molar-refractivity contribution in [2.45, 2.75) is 33.6 Å². The van der Waals surface area contributed by atoms with Crippen LogP contribution in [0.3, 0.4) is 0 Å². The van der Waals surface area contributed by atoms with E-state index in [9.17, 15) is 0 Å². The standard InChI is InChI=1S/C20H18N2.C2H6/c1-15-12-13-18-19(14-15)22(17-10-6-3-7-11-17)20(21-18)16-8-4-2-5-9-16;1-2/h2,4-6,8-14H,3,7H2,1H3;1-2H3. The number of benzene rings is 2. The molecule has 0 fully saturated rings. The Kier molecular flexibility index (Phi) is 4.95. The maximum absolute atomic E-state index is 4.89. The van der Waals surface area contributed by atoms with Crippen LogP contribution in [0.15, 0.2) is 66.8 Å². The molecule has 0 atom stereocenters. The number of hydrogen-bond donors (Lipinski definition) is 0. The van der Waals surface area contributed by atoms with Crippen molar-refractivity contribution in [2.24, 2.45) is 0 Å². The van der Waals surface area contributed by atoms with Crippen molar-refractivity contribution in [3.8, 4) is 11.4 Å². The van der Waals surface area contributed by atoms with E-state index in [1.807, 2.05) is 19.9 Å². The first-order chi connectivity index (χ1) is 11.8. The molecule has 2 heteroatoms. The summed E-state index contributed by atoms with van der Waals surface area (Å²) in [5.74, 6) is 1.01. The molecule has 1 aliphatic carbocycles. The maximum atomic E-state index is 4.89. The van der Waals surface area contributed by atoms with E-state index in [0.29, 0.717) is 0 Å². The normalized spacial score (nSPS) is 13.4. The average molecular weight is 316 g/mol. The van der Waals surface area contributed by atoms with Crippen LogP contribution in [0.2, 0.25) is 0 Å². The molecule has 0 spiro atoms. The molecule has 0 N–H and O–H groups in total. The van der Waals surface area contributed by atoms with Crippen LogP contribution in [0.1, 0.15) is 32.3 Å². The molecule has 1 aliphatic rings. The van der Waals surface area contributed by atoms with Gasteiger partial charge in [0.25, 0.3) is 0 Å². The van der Waals surface area contributed by atoms with Crippen LogP contribution in [0.25, 0.3) is 28.1 Å². The number of aromatic nitrogens is 2. The highest BCUT2D eigenvalue weighted by molar-refractivity contribution is 5.87. The number of allylic oxidation sites excluding steroid dienone is 4. The van der Waals surface area contributed by atoms with Gasteiger partial charge in [0.2, 0.25) is 0 Å². The van der Waals surface area contributed by atoms with Crippen LogP contribution in [0.4, 0.5) is 0 Å². The fourth-order valence-corrected chi connectivity index (χ4v) is 2.99. The fraction of sp³-hybridized carbons (Fsp3) is 0.227. The summed E-state index contributed by atoms with van der Waals surface area (Å²) in [4.78, 5) is 4.89. The zero-order chi connectivity index (χ0) is 16.9. The highest BCUT2D eigenvalue weighted by Crippen LogP contribution is 2.30. The predicted octanol–water partition coefficient (Wildman–Crippen LogP) is 6.23. The van der Waals surface area contributed by atoms with E-state index in [4.69, 9.17) is 4.98 Å². The van der Waals surface area contributed by atoms with Crippen molar-refractivity contribution in [1.29, 1.82) is 0 Å². The van der Waals surface area contributed by atoms with Gasteiger partial charge in [-0.1, -0.05) is 62.4 Å². The van der Waals surface area contributed by atoms with Crippen LogP contribution < -0.4 is 0 Å². The van der Waals surface area contributed by atoms with E-state index in [0.717, 1.165) is 29.7 Å². The molecule has 2 nitrogen and oxygen atoms in total. The summed E-state index contributed by atoms with van der Waals surface area (Å²) in [7, 11) is 0. The van der Waals surface area contributed by atoms with E-state index in [1.54, 1.807) is 0 Å². The lowest BCUT2D eigenvalue weighted by atomic mass is 10.1. The number of hydrogen-bond acceptors (Lipinski definition) is 1. The third kappa shape index (κ3) is 3.05. The number of nitrogens with zero attached hydrogens (tertiary/aromatic N) is 2. The smallest absolute Gasteiger partial charge is 0.145 e. The minimum absolute atomic E-state index is 1.01. The fourth-order valence-electron chi connectivity index (χ4n) is 2.99. The van der Waals surface area contributed by atoms with Gasteiger partial charge in [-0.2, -0.15) is 0 Å². The summed E-state index contributed by atoms with van der Waals surface area (Å²) in [5, 5.41) is 0. The monoisotopic (exact) mass is 316 g/mol. The van der Waals surface area contributed by atoms with Gasteiger partial charge < -0.3 is 0 Å². The molecule has 1 aromatic heterocycles. The van der Waals surface area contributed by atoms with E-state index >= 15 is 0 Å². The van der Waals surface area contributed by atoms with E-state index in [-0.39, 0.29) is 0 Å². The van der Waals surface area contributed by atoms with Crippen molar-refractivity contribution in [3.63, 3.8) is 0 Å². The third-order valence-corrected chi connectivity index (χ3v) is 4.08. The second-order valence-electron chi connectivity index (χ2n) is 5.74. The molecule has 0 bridgehead atoms. The van der Waals surface area contributed by atoms with Gasteiger partial charge in [-0.25, -0.2) is 4.98 Å². The van der Waals surface area contributed by atoms with Crippen molar-refractivity contribution < 1.29 is 0 Å². The highest BCUT2D eigenvalue weighted by atomic mass is 15.1. The van der Waals surface area contributed by atoms with Crippen LogP contribution in [0.5, 0.6) is 0 Å². The summed E-state index contributed by atoms with van der Waals surface area (Å²) in [5.41, 5.74) is 5.85. The number of aryl methyl sites for hydroxylation is 1. The SMILES string of the molecule is CC.Cc1ccc2nc(-c3ccccc3)n(C3=CCCC=C3)c2c1. The van der Waals surface area contributed by atoms with Gasteiger partial charge in [-0.3, -0.25) is 4.57 Å². The maximum Gasteiger partial charge on any atom is 0.145 e. The van der Waals surface area contributed by atoms with Crippen LogP contribution in [-0.4, -0.2) is 9.55 Å². The van der Waals surface area contributed by atoms with Gasteiger partial charge in [-0.05, 0) is 43.5 Å². The molecule has 0 saturated heterocycles. The van der Waals surface area contributed by atoms with Gasteiger partial charge in [0.1, 0.15) is 5.82 Å². The molecule has 4 rings (SSSR count). The summed E-state index contributed by atoms with van der Waals surface area (Å²) in [6, 6.07) is 16.9. The Labute approximate surface area is 144 Å². The first-order valence-electron chi connectivity index (χ1n) is 8.74. The van der Waals surface area contributed by atoms with Gasteiger partial charge >= 0.3 is 0 Å². The Balaban J connectivity index is 0.000000815. The topological polar surface area (TPSA) is 17.8 Å². The van der Waals surface area contributed by atoms with Crippen LogP contribution in [-0.2, 0) is 0 Å². The molecule has 1 heterocycles. The van der Waals surface area contributed by atoms with Crippen LogP contribution in [0, 0.1) is 6.92 Å². The van der Waals surface area contributed by atoms with Gasteiger partial charge in [0.05, 0.1) is 11.0 Å². The van der Waals surface area contributed by atoms with E-state index in [2.05, 4.69) is 72.2 Å². The molecule has 3 aromatic rings. The van der Waals surface area contributed by atoms with E-state index in [1.165, 1.54) is 16.8 Å². The summed E-state index contributed by atoms with van der Waals surface area (Å²) >= 11 is 0. The lowest BCUT2D eigenvalue weighted by Crippen LogP contribution is -2.00. The van der Waals surface area contributed by atoms with Crippen molar-refractivity contribution in [2.75, 3.05) is 0 Å². The number of fused-ring (bicyclic) bond motifs is 1. The Hall–Kier alpha value is -2.61. The molecule has 0 saturated carbocycles. The Morgan fingerprint density at radius 3 is 2.46 bits per heavy atom. The molecular formula is C22H24N2. The minimum Gasteiger partial charge on any atom is -0.293 e. The van der Waals surface area contributed by atoms with Gasteiger partial charge in [0, 0.05) is 11.3 Å². The second-order valence-corrected chi connectivity index (χ2v) is 5.74. The predicted molar refractivity (Wildman–Crippen MR) is 104 cm³/mol. The molecule has 0 radical (unpaired) electrons. The molecular weight excluding hydrogens is 292 g/mol. The molecule has 24 heavy (non-hydrogen) atoms. The lowest BCUT2D eigenvalue weighted by Gasteiger charge is -2.13. The second kappa shape index (κ2) is 7.31. The van der Waals surface area contributed by atoms with Gasteiger partial charge in [-0.15, -0.1) is 0 Å². The summed E-state index contributed by atoms with van der Waals surface area (Å²) in [6.07, 6.45) is 8.96. The zero-order valence-electron chi connectivity index (χ0n) is 14.7. The molecule has 0 unspecified atom stereocenters. The third-order valence-electron chi connectivity index (χ3n) is 4.08. The molecule has 2 aromatic carbocycles. The van der Waals surface area contributed by atoms with E-state index < -0.39 is 0 Å². The summed E-state index contributed by atoms with van der Waals surface area (Å²) in [6.45, 7) is 6.13. The minimum atomic E-state index is 1.01. The van der Waals surface area contributed by atoms with Crippen molar-refractivity contribution in [3.05, 3.63) is 72.3 Å². The quantitative estimate of drug-likeness (QED) is 0.548. The molecule has 0 amide bonds. The summed E-state index contributed by atoms with van der Waals surface area (Å²) < 4.78 is 2.29. The zero-order valence-corrected chi connectivity index (χ0v) is 14.7. The number of rotatable bonds is 2. The number of imidazole rings is 1. The van der Waals surface area contributed by atoms with Crippen LogP contribution >= 0.6 is 0 Å². The Bertz CT molecular complexity index is 883. The van der Waals surface area contributed by atoms with Crippen molar-refractivity contribution >= 4 is 16.7 Å². The highest BCUT2D eigenvalue weighted by Gasteiger charge is 2.15. The lowest BCUT2D eigenvalue weighted by molar-refractivity contribution is 1.01. The first-order valence-corrected chi connectivity index (χ1v) is 8.74. The van der Waals surface area contributed by atoms with Gasteiger partial charge in [0.15, 0.2) is 0 Å². The van der Waals surface area contributed by atoms with Crippen molar-refractivity contribution in [1.82, 2.24) is 9.55 Å². The average Bonchev–Trinajstić information content (AvgIpc) is 3.03. The largest absolute Gasteiger partial charge is 0.293 e. The Morgan fingerprint density at radius 1 is 0.958 bits per heavy atom. The Morgan fingerprint density at radius 2 is 1.75 bits per heavy atom. The molecule has 122 valence electrons. The first kappa shape index (κ1) is 16.3.